The maximum Gasteiger partial charge on any atom is 0.228 e. The molecule has 0 saturated carbocycles. The van der Waals surface area contributed by atoms with Gasteiger partial charge in [0.1, 0.15) is 0 Å². The standard InChI is InChI=1S/C20H24ClNO3/c1-5-14-8-9-16(21)15(6-2)20(14)22-19(23)12-13-7-10-17(24-3)18(11-13)25-4/h7-11H,5-6,12H2,1-4H3,(H,22,23). The fourth-order valence-corrected chi connectivity index (χ4v) is 3.12. The molecule has 0 atom stereocenters. The highest BCUT2D eigenvalue weighted by Crippen LogP contribution is 2.30. The molecular weight excluding hydrogens is 338 g/mol. The topological polar surface area (TPSA) is 47.6 Å². The van der Waals surface area contributed by atoms with E-state index >= 15 is 0 Å². The molecular formula is C20H24ClNO3. The average molecular weight is 362 g/mol. The Morgan fingerprint density at radius 2 is 1.76 bits per heavy atom. The summed E-state index contributed by atoms with van der Waals surface area (Å²) in [5.41, 5.74) is 3.75. The molecule has 2 aromatic carbocycles. The Hall–Kier alpha value is -2.20. The summed E-state index contributed by atoms with van der Waals surface area (Å²) >= 11 is 6.29. The van der Waals surface area contributed by atoms with Crippen LogP contribution in [0.1, 0.15) is 30.5 Å². The smallest absolute Gasteiger partial charge is 0.228 e. The van der Waals surface area contributed by atoms with Gasteiger partial charge in [-0.05, 0) is 47.7 Å². The molecule has 0 spiro atoms. The van der Waals surface area contributed by atoms with Gasteiger partial charge in [0.05, 0.1) is 20.6 Å². The maximum atomic E-state index is 12.6. The lowest BCUT2D eigenvalue weighted by Gasteiger charge is -2.16. The fraction of sp³-hybridized carbons (Fsp3) is 0.350. The molecule has 1 amide bonds. The number of halogens is 1. The molecule has 0 aliphatic heterocycles. The molecule has 0 bridgehead atoms. The molecule has 134 valence electrons. The molecule has 0 aliphatic rings. The first-order chi connectivity index (χ1) is 12.0. The minimum Gasteiger partial charge on any atom is -0.493 e. The SMILES string of the molecule is CCc1ccc(Cl)c(CC)c1NC(=O)Cc1ccc(OC)c(OC)c1. The van der Waals surface area contributed by atoms with Crippen LogP contribution in [0, 0.1) is 0 Å². The van der Waals surface area contributed by atoms with Crippen LogP contribution in [0.4, 0.5) is 5.69 Å². The fourth-order valence-electron chi connectivity index (χ4n) is 2.83. The third kappa shape index (κ3) is 4.45. The molecule has 1 N–H and O–H groups in total. The van der Waals surface area contributed by atoms with Gasteiger partial charge in [0, 0.05) is 10.7 Å². The number of methoxy groups -OCH3 is 2. The molecule has 2 aromatic rings. The first-order valence-corrected chi connectivity index (χ1v) is 8.72. The molecule has 4 nitrogen and oxygen atoms in total. The van der Waals surface area contributed by atoms with Crippen molar-refractivity contribution >= 4 is 23.2 Å². The lowest BCUT2D eigenvalue weighted by Crippen LogP contribution is -2.17. The summed E-state index contributed by atoms with van der Waals surface area (Å²) in [7, 11) is 3.16. The van der Waals surface area contributed by atoms with E-state index in [0.29, 0.717) is 16.5 Å². The molecule has 0 unspecified atom stereocenters. The number of rotatable bonds is 7. The summed E-state index contributed by atoms with van der Waals surface area (Å²) in [6.45, 7) is 4.09. The second-order valence-electron chi connectivity index (χ2n) is 5.68. The highest BCUT2D eigenvalue weighted by Gasteiger charge is 2.14. The molecule has 0 heterocycles. The summed E-state index contributed by atoms with van der Waals surface area (Å²) in [4.78, 5) is 12.6. The van der Waals surface area contributed by atoms with Gasteiger partial charge in [-0.3, -0.25) is 4.79 Å². The monoisotopic (exact) mass is 361 g/mol. The number of aryl methyl sites for hydroxylation is 1. The minimum atomic E-state index is -0.0844. The van der Waals surface area contributed by atoms with Crippen molar-refractivity contribution < 1.29 is 14.3 Å². The van der Waals surface area contributed by atoms with Crippen LogP contribution in [0.15, 0.2) is 30.3 Å². The molecule has 5 heteroatoms. The van der Waals surface area contributed by atoms with Crippen LogP contribution in [0.25, 0.3) is 0 Å². The first kappa shape index (κ1) is 19.1. The van der Waals surface area contributed by atoms with E-state index in [2.05, 4.69) is 12.2 Å². The van der Waals surface area contributed by atoms with Gasteiger partial charge in [-0.1, -0.05) is 37.6 Å². The second-order valence-corrected chi connectivity index (χ2v) is 6.09. The van der Waals surface area contributed by atoms with E-state index < -0.39 is 0 Å². The Morgan fingerprint density at radius 1 is 1.04 bits per heavy atom. The Labute approximate surface area is 154 Å². The predicted molar refractivity (Wildman–Crippen MR) is 102 cm³/mol. The Kier molecular flexibility index (Phi) is 6.71. The van der Waals surface area contributed by atoms with E-state index in [1.165, 1.54) is 0 Å². The van der Waals surface area contributed by atoms with Crippen molar-refractivity contribution in [3.05, 3.63) is 52.0 Å². The zero-order valence-corrected chi connectivity index (χ0v) is 15.9. The number of amides is 1. The van der Waals surface area contributed by atoms with Gasteiger partial charge in [-0.2, -0.15) is 0 Å². The second kappa shape index (κ2) is 8.77. The van der Waals surface area contributed by atoms with Crippen LogP contribution >= 0.6 is 11.6 Å². The van der Waals surface area contributed by atoms with Crippen molar-refractivity contribution in [1.29, 1.82) is 0 Å². The van der Waals surface area contributed by atoms with Crippen LogP contribution in [0.3, 0.4) is 0 Å². The Balaban J connectivity index is 2.22. The summed E-state index contributed by atoms with van der Waals surface area (Å²) in [5.74, 6) is 1.17. The quantitative estimate of drug-likeness (QED) is 0.780. The number of hydrogen-bond acceptors (Lipinski definition) is 3. The van der Waals surface area contributed by atoms with Crippen molar-refractivity contribution in [3.63, 3.8) is 0 Å². The number of benzene rings is 2. The van der Waals surface area contributed by atoms with E-state index in [1.54, 1.807) is 20.3 Å². The molecule has 2 rings (SSSR count). The molecule has 0 aliphatic carbocycles. The number of nitrogens with one attached hydrogen (secondary N) is 1. The lowest BCUT2D eigenvalue weighted by atomic mass is 10.0. The number of hydrogen-bond donors (Lipinski definition) is 1. The van der Waals surface area contributed by atoms with Gasteiger partial charge in [-0.15, -0.1) is 0 Å². The summed E-state index contributed by atoms with van der Waals surface area (Å²) in [6.07, 6.45) is 1.84. The van der Waals surface area contributed by atoms with Crippen molar-refractivity contribution in [2.75, 3.05) is 19.5 Å². The Morgan fingerprint density at radius 3 is 2.36 bits per heavy atom. The molecule has 0 radical (unpaired) electrons. The summed E-state index contributed by atoms with van der Waals surface area (Å²) < 4.78 is 10.5. The van der Waals surface area contributed by atoms with Gasteiger partial charge in [0.2, 0.25) is 5.91 Å². The molecule has 0 saturated heterocycles. The normalized spacial score (nSPS) is 10.4. The minimum absolute atomic E-state index is 0.0844. The predicted octanol–water partition coefficient (Wildman–Crippen LogP) is 4.66. The maximum absolute atomic E-state index is 12.6. The van der Waals surface area contributed by atoms with Crippen molar-refractivity contribution in [3.8, 4) is 11.5 Å². The van der Waals surface area contributed by atoms with Crippen LogP contribution in [-0.2, 0) is 24.1 Å². The zero-order valence-electron chi connectivity index (χ0n) is 15.1. The van der Waals surface area contributed by atoms with Gasteiger partial charge < -0.3 is 14.8 Å². The number of carbonyl (C=O) groups excluding carboxylic acids is 1. The van der Waals surface area contributed by atoms with E-state index in [1.807, 2.05) is 31.2 Å². The van der Waals surface area contributed by atoms with Gasteiger partial charge >= 0.3 is 0 Å². The number of carbonyl (C=O) groups is 1. The van der Waals surface area contributed by atoms with E-state index in [4.69, 9.17) is 21.1 Å². The van der Waals surface area contributed by atoms with Crippen LogP contribution < -0.4 is 14.8 Å². The van der Waals surface area contributed by atoms with Gasteiger partial charge in [-0.25, -0.2) is 0 Å². The van der Waals surface area contributed by atoms with Crippen molar-refractivity contribution in [2.45, 2.75) is 33.1 Å². The Bertz CT molecular complexity index is 759. The van der Waals surface area contributed by atoms with Gasteiger partial charge in [0.15, 0.2) is 11.5 Å². The van der Waals surface area contributed by atoms with Crippen molar-refractivity contribution in [1.82, 2.24) is 0 Å². The average Bonchev–Trinajstić information content (AvgIpc) is 2.62. The molecule has 25 heavy (non-hydrogen) atoms. The van der Waals surface area contributed by atoms with E-state index in [0.717, 1.165) is 35.2 Å². The number of anilines is 1. The zero-order chi connectivity index (χ0) is 18.4. The lowest BCUT2D eigenvalue weighted by molar-refractivity contribution is -0.115. The van der Waals surface area contributed by atoms with Crippen LogP contribution in [0.2, 0.25) is 5.02 Å². The van der Waals surface area contributed by atoms with Crippen molar-refractivity contribution in [2.24, 2.45) is 0 Å². The third-order valence-corrected chi connectivity index (χ3v) is 4.51. The molecule has 0 fully saturated rings. The highest BCUT2D eigenvalue weighted by atomic mass is 35.5. The third-order valence-electron chi connectivity index (χ3n) is 4.15. The molecule has 0 aromatic heterocycles. The van der Waals surface area contributed by atoms with E-state index in [-0.39, 0.29) is 12.3 Å². The largest absolute Gasteiger partial charge is 0.493 e. The highest BCUT2D eigenvalue weighted by molar-refractivity contribution is 6.32. The number of ether oxygens (including phenoxy) is 2. The van der Waals surface area contributed by atoms with Crippen LogP contribution in [0.5, 0.6) is 11.5 Å². The van der Waals surface area contributed by atoms with E-state index in [9.17, 15) is 4.79 Å². The first-order valence-electron chi connectivity index (χ1n) is 8.34. The van der Waals surface area contributed by atoms with Gasteiger partial charge in [0.25, 0.3) is 0 Å². The summed E-state index contributed by atoms with van der Waals surface area (Å²) in [5, 5.41) is 3.72. The van der Waals surface area contributed by atoms with Crippen LogP contribution in [-0.4, -0.2) is 20.1 Å². The summed E-state index contributed by atoms with van der Waals surface area (Å²) in [6, 6.07) is 9.34.